The van der Waals surface area contributed by atoms with E-state index in [1.807, 2.05) is 35.8 Å². The van der Waals surface area contributed by atoms with Crippen LogP contribution < -0.4 is 9.64 Å². The first kappa shape index (κ1) is 18.1. The lowest BCUT2D eigenvalue weighted by Crippen LogP contribution is -2.30. The fraction of sp³-hybridized carbons (Fsp3) is 0.200. The summed E-state index contributed by atoms with van der Waals surface area (Å²) >= 11 is 0. The van der Waals surface area contributed by atoms with Gasteiger partial charge in [-0.05, 0) is 30.3 Å². The SMILES string of the molecule is CCc1nc2ccccc2n1C1N=CC=CN1c1ccc(OC(F)F)c(F)c1. The number of rotatable bonds is 5. The van der Waals surface area contributed by atoms with Crippen LogP contribution in [-0.2, 0) is 6.42 Å². The molecule has 4 rings (SSSR count). The normalized spacial score (nSPS) is 16.3. The number of para-hydroxylation sites is 2. The molecule has 2 heterocycles. The molecule has 0 aliphatic carbocycles. The van der Waals surface area contributed by atoms with Crippen LogP contribution in [0.25, 0.3) is 11.0 Å². The molecule has 8 heteroatoms. The van der Waals surface area contributed by atoms with Gasteiger partial charge in [0, 0.05) is 30.6 Å². The van der Waals surface area contributed by atoms with E-state index >= 15 is 0 Å². The van der Waals surface area contributed by atoms with E-state index in [1.165, 1.54) is 12.1 Å². The molecule has 1 aliphatic rings. The summed E-state index contributed by atoms with van der Waals surface area (Å²) in [5.41, 5.74) is 2.20. The largest absolute Gasteiger partial charge is 0.432 e. The Morgan fingerprint density at radius 2 is 2.00 bits per heavy atom. The fourth-order valence-electron chi connectivity index (χ4n) is 3.26. The summed E-state index contributed by atoms with van der Waals surface area (Å²) in [6.45, 7) is -1.09. The van der Waals surface area contributed by atoms with Gasteiger partial charge in [-0.2, -0.15) is 8.78 Å². The lowest BCUT2D eigenvalue weighted by Gasteiger charge is -2.31. The zero-order valence-electron chi connectivity index (χ0n) is 15.0. The highest BCUT2D eigenvalue weighted by Gasteiger charge is 2.25. The molecule has 1 unspecified atom stereocenters. The highest BCUT2D eigenvalue weighted by molar-refractivity contribution is 5.78. The number of hydrogen-bond donors (Lipinski definition) is 0. The Hall–Kier alpha value is -3.29. The Kier molecular flexibility index (Phi) is 4.77. The summed E-state index contributed by atoms with van der Waals surface area (Å²) in [6, 6.07) is 11.6. The molecule has 1 aromatic heterocycles. The van der Waals surface area contributed by atoms with E-state index < -0.39 is 24.5 Å². The van der Waals surface area contributed by atoms with Crippen LogP contribution in [0.4, 0.5) is 18.9 Å². The lowest BCUT2D eigenvalue weighted by molar-refractivity contribution is -0.0521. The first-order valence-electron chi connectivity index (χ1n) is 8.77. The monoisotopic (exact) mass is 386 g/mol. The fourth-order valence-corrected chi connectivity index (χ4v) is 3.26. The van der Waals surface area contributed by atoms with Gasteiger partial charge < -0.3 is 9.64 Å². The van der Waals surface area contributed by atoms with E-state index in [1.54, 1.807) is 23.4 Å². The third-order valence-corrected chi connectivity index (χ3v) is 4.45. The Morgan fingerprint density at radius 1 is 1.18 bits per heavy atom. The molecule has 1 aliphatic heterocycles. The summed E-state index contributed by atoms with van der Waals surface area (Å²) in [6.07, 6.45) is 5.32. The summed E-state index contributed by atoms with van der Waals surface area (Å²) < 4.78 is 45.2. The maximum atomic E-state index is 14.3. The number of nitrogens with zero attached hydrogens (tertiary/aromatic N) is 4. The van der Waals surface area contributed by atoms with Crippen LogP contribution in [-0.4, -0.2) is 22.4 Å². The van der Waals surface area contributed by atoms with Crippen molar-refractivity contribution in [2.24, 2.45) is 4.99 Å². The van der Waals surface area contributed by atoms with Gasteiger partial charge >= 0.3 is 6.61 Å². The molecule has 3 aromatic rings. The molecule has 2 aromatic carbocycles. The molecule has 0 saturated heterocycles. The summed E-state index contributed by atoms with van der Waals surface area (Å²) in [5.74, 6) is -0.533. The number of ether oxygens (including phenoxy) is 1. The minimum atomic E-state index is -3.09. The van der Waals surface area contributed by atoms with E-state index in [9.17, 15) is 13.2 Å². The van der Waals surface area contributed by atoms with Gasteiger partial charge in [-0.25, -0.2) is 14.4 Å². The van der Waals surface area contributed by atoms with Crippen molar-refractivity contribution in [3.63, 3.8) is 0 Å². The average Bonchev–Trinajstić information content (AvgIpc) is 3.08. The predicted octanol–water partition coefficient (Wildman–Crippen LogP) is 4.90. The van der Waals surface area contributed by atoms with Crippen molar-refractivity contribution in [1.82, 2.24) is 9.55 Å². The van der Waals surface area contributed by atoms with E-state index in [0.29, 0.717) is 12.1 Å². The smallest absolute Gasteiger partial charge is 0.387 e. The highest BCUT2D eigenvalue weighted by atomic mass is 19.3. The van der Waals surface area contributed by atoms with Crippen LogP contribution in [0, 0.1) is 5.82 Å². The van der Waals surface area contributed by atoms with Crippen LogP contribution in [0.5, 0.6) is 5.75 Å². The van der Waals surface area contributed by atoms with Crippen LogP contribution in [0.2, 0.25) is 0 Å². The third kappa shape index (κ3) is 3.21. The van der Waals surface area contributed by atoms with E-state index in [2.05, 4.69) is 14.7 Å². The Morgan fingerprint density at radius 3 is 2.75 bits per heavy atom. The summed E-state index contributed by atoms with van der Waals surface area (Å²) in [7, 11) is 0. The zero-order chi connectivity index (χ0) is 19.7. The number of aromatic nitrogens is 2. The van der Waals surface area contributed by atoms with Crippen molar-refractivity contribution >= 4 is 22.9 Å². The number of allylic oxidation sites excluding steroid dienone is 1. The molecular formula is C20H17F3N4O. The topological polar surface area (TPSA) is 42.7 Å². The van der Waals surface area contributed by atoms with Crippen LogP contribution in [0.3, 0.4) is 0 Å². The van der Waals surface area contributed by atoms with Crippen molar-refractivity contribution in [2.45, 2.75) is 26.2 Å². The first-order valence-corrected chi connectivity index (χ1v) is 8.77. The minimum absolute atomic E-state index is 0.456. The molecule has 0 bridgehead atoms. The number of aryl methyl sites for hydroxylation is 1. The predicted molar refractivity (Wildman–Crippen MR) is 101 cm³/mol. The van der Waals surface area contributed by atoms with Gasteiger partial charge in [0.2, 0.25) is 6.29 Å². The average molecular weight is 386 g/mol. The molecule has 0 spiro atoms. The summed E-state index contributed by atoms with van der Waals surface area (Å²) in [5, 5.41) is 0. The van der Waals surface area contributed by atoms with Gasteiger partial charge in [0.1, 0.15) is 5.82 Å². The number of halogens is 3. The van der Waals surface area contributed by atoms with Gasteiger partial charge in [0.15, 0.2) is 11.6 Å². The van der Waals surface area contributed by atoms with Gasteiger partial charge in [-0.3, -0.25) is 4.57 Å². The van der Waals surface area contributed by atoms with Gasteiger partial charge in [0.05, 0.1) is 11.0 Å². The maximum absolute atomic E-state index is 14.3. The molecule has 28 heavy (non-hydrogen) atoms. The molecule has 144 valence electrons. The number of alkyl halides is 2. The van der Waals surface area contributed by atoms with Crippen molar-refractivity contribution < 1.29 is 17.9 Å². The van der Waals surface area contributed by atoms with Crippen molar-refractivity contribution in [2.75, 3.05) is 4.90 Å². The molecular weight excluding hydrogens is 369 g/mol. The lowest BCUT2D eigenvalue weighted by atomic mass is 10.2. The van der Waals surface area contributed by atoms with E-state index in [4.69, 9.17) is 0 Å². The molecule has 0 saturated carbocycles. The number of anilines is 1. The molecule has 1 atom stereocenters. The Balaban J connectivity index is 1.77. The van der Waals surface area contributed by atoms with Crippen LogP contribution >= 0.6 is 0 Å². The Labute approximate surface area is 159 Å². The Bertz CT molecular complexity index is 1060. The standard InChI is InChI=1S/C20H17F3N4O/c1-2-18-25-15-6-3-4-7-16(15)27(18)20-24-10-5-11-26(20)13-8-9-17(14(21)12-13)28-19(22)23/h3-12,19-20H,2H2,1H3. The van der Waals surface area contributed by atoms with Crippen LogP contribution in [0.15, 0.2) is 59.7 Å². The minimum Gasteiger partial charge on any atom is -0.432 e. The van der Waals surface area contributed by atoms with Gasteiger partial charge in [-0.15, -0.1) is 0 Å². The van der Waals surface area contributed by atoms with Crippen molar-refractivity contribution in [3.05, 3.63) is 66.4 Å². The summed E-state index contributed by atoms with van der Waals surface area (Å²) in [4.78, 5) is 11.0. The van der Waals surface area contributed by atoms with Gasteiger partial charge in [0.25, 0.3) is 0 Å². The van der Waals surface area contributed by atoms with Crippen LogP contribution in [0.1, 0.15) is 19.0 Å². The van der Waals surface area contributed by atoms with E-state index in [0.717, 1.165) is 22.9 Å². The van der Waals surface area contributed by atoms with E-state index in [-0.39, 0.29) is 0 Å². The highest BCUT2D eigenvalue weighted by Crippen LogP contribution is 2.33. The third-order valence-electron chi connectivity index (χ3n) is 4.45. The number of fused-ring (bicyclic) bond motifs is 1. The zero-order valence-corrected chi connectivity index (χ0v) is 15.0. The molecule has 0 amide bonds. The molecule has 0 fully saturated rings. The maximum Gasteiger partial charge on any atom is 0.387 e. The quantitative estimate of drug-likeness (QED) is 0.626. The second-order valence-corrected chi connectivity index (χ2v) is 6.13. The molecule has 0 N–H and O–H groups in total. The number of benzene rings is 2. The van der Waals surface area contributed by atoms with Gasteiger partial charge in [-0.1, -0.05) is 19.1 Å². The number of hydrogen-bond acceptors (Lipinski definition) is 4. The van der Waals surface area contributed by atoms with Crippen molar-refractivity contribution in [1.29, 1.82) is 0 Å². The molecule has 5 nitrogen and oxygen atoms in total. The molecule has 0 radical (unpaired) electrons. The first-order chi connectivity index (χ1) is 13.6. The second-order valence-electron chi connectivity index (χ2n) is 6.13. The number of aliphatic imine (C=N–C) groups is 1. The number of imidazole rings is 1. The van der Waals surface area contributed by atoms with Crippen molar-refractivity contribution in [3.8, 4) is 5.75 Å². The second kappa shape index (κ2) is 7.38.